The molecule has 0 spiro atoms. The van der Waals surface area contributed by atoms with Crippen LogP contribution in [0.2, 0.25) is 0 Å². The van der Waals surface area contributed by atoms with Crippen LogP contribution >= 0.6 is 0 Å². The normalized spacial score (nSPS) is 23.0. The van der Waals surface area contributed by atoms with Crippen LogP contribution in [-0.2, 0) is 4.79 Å². The standard InChI is InChI=1S/C18H24N2O4/c1-12(21)19-9-13-4-5-15(11-19)20(10-13)18(22)14-6-16(23-2)8-17(7-14)24-3/h6-8,13,15H,4-5,9-11H2,1-3H3/t13-,15+/m1/s1. The summed E-state index contributed by atoms with van der Waals surface area (Å²) in [6.07, 6.45) is 2.01. The molecule has 1 aromatic carbocycles. The summed E-state index contributed by atoms with van der Waals surface area (Å²) in [5.41, 5.74) is 0.563. The molecular weight excluding hydrogens is 308 g/mol. The van der Waals surface area contributed by atoms with E-state index in [1.807, 2.05) is 9.80 Å². The molecule has 3 fully saturated rings. The fourth-order valence-corrected chi connectivity index (χ4v) is 3.68. The lowest BCUT2D eigenvalue weighted by Gasteiger charge is -2.36. The van der Waals surface area contributed by atoms with Gasteiger partial charge in [-0.25, -0.2) is 0 Å². The van der Waals surface area contributed by atoms with Crippen LogP contribution in [0.25, 0.3) is 0 Å². The Labute approximate surface area is 142 Å². The Bertz CT molecular complexity index is 624. The Kier molecular flexibility index (Phi) is 4.64. The van der Waals surface area contributed by atoms with Gasteiger partial charge >= 0.3 is 0 Å². The number of piperidine rings is 1. The lowest BCUT2D eigenvalue weighted by atomic mass is 9.94. The van der Waals surface area contributed by atoms with Crippen LogP contribution in [-0.4, -0.2) is 61.5 Å². The van der Waals surface area contributed by atoms with Crippen LogP contribution < -0.4 is 9.47 Å². The molecule has 6 nitrogen and oxygen atoms in total. The van der Waals surface area contributed by atoms with Gasteiger partial charge in [0.2, 0.25) is 5.91 Å². The minimum Gasteiger partial charge on any atom is -0.497 e. The zero-order valence-electron chi connectivity index (χ0n) is 14.4. The van der Waals surface area contributed by atoms with Crippen molar-refractivity contribution >= 4 is 11.8 Å². The smallest absolute Gasteiger partial charge is 0.254 e. The highest BCUT2D eigenvalue weighted by Crippen LogP contribution is 2.31. The van der Waals surface area contributed by atoms with Gasteiger partial charge in [-0.3, -0.25) is 9.59 Å². The average molecular weight is 332 g/mol. The Morgan fingerprint density at radius 2 is 1.67 bits per heavy atom. The number of carbonyl (C=O) groups is 2. The summed E-state index contributed by atoms with van der Waals surface area (Å²) in [6.45, 7) is 3.67. The summed E-state index contributed by atoms with van der Waals surface area (Å²) in [5.74, 6) is 1.62. The van der Waals surface area contributed by atoms with Crippen molar-refractivity contribution in [1.82, 2.24) is 9.80 Å². The van der Waals surface area contributed by atoms with E-state index in [9.17, 15) is 9.59 Å². The number of amides is 2. The lowest BCUT2D eigenvalue weighted by Crippen LogP contribution is -2.47. The maximum Gasteiger partial charge on any atom is 0.254 e. The van der Waals surface area contributed by atoms with Crippen LogP contribution in [0.5, 0.6) is 11.5 Å². The van der Waals surface area contributed by atoms with Gasteiger partial charge in [0.25, 0.3) is 5.91 Å². The topological polar surface area (TPSA) is 59.1 Å². The SMILES string of the molecule is COc1cc(OC)cc(C(=O)N2C[C@@H]3CC[C@H]2CN(C(C)=O)C3)c1. The van der Waals surface area contributed by atoms with Crippen molar-refractivity contribution in [2.45, 2.75) is 25.8 Å². The molecule has 0 aliphatic carbocycles. The number of fused-ring (bicyclic) bond motifs is 4. The van der Waals surface area contributed by atoms with Gasteiger partial charge in [0.1, 0.15) is 11.5 Å². The molecule has 2 bridgehead atoms. The number of nitrogens with zero attached hydrogens (tertiary/aromatic N) is 2. The van der Waals surface area contributed by atoms with Crippen molar-refractivity contribution in [3.63, 3.8) is 0 Å². The van der Waals surface area contributed by atoms with E-state index in [0.717, 1.165) is 19.4 Å². The summed E-state index contributed by atoms with van der Waals surface area (Å²) < 4.78 is 10.5. The number of methoxy groups -OCH3 is 2. The molecule has 0 N–H and O–H groups in total. The van der Waals surface area contributed by atoms with Crippen molar-refractivity contribution < 1.29 is 19.1 Å². The van der Waals surface area contributed by atoms with Gasteiger partial charge in [0, 0.05) is 44.2 Å². The van der Waals surface area contributed by atoms with E-state index in [1.54, 1.807) is 39.3 Å². The number of rotatable bonds is 3. The second-order valence-corrected chi connectivity index (χ2v) is 6.58. The molecular formula is C18H24N2O4. The van der Waals surface area contributed by atoms with E-state index >= 15 is 0 Å². The third-order valence-electron chi connectivity index (χ3n) is 5.02. The first-order valence-electron chi connectivity index (χ1n) is 8.31. The molecule has 24 heavy (non-hydrogen) atoms. The van der Waals surface area contributed by atoms with Gasteiger partial charge in [-0.15, -0.1) is 0 Å². The molecule has 130 valence electrons. The molecule has 0 unspecified atom stereocenters. The van der Waals surface area contributed by atoms with Gasteiger partial charge in [0.15, 0.2) is 0 Å². The van der Waals surface area contributed by atoms with Crippen molar-refractivity contribution in [2.24, 2.45) is 5.92 Å². The maximum absolute atomic E-state index is 13.1. The Morgan fingerprint density at radius 1 is 1.00 bits per heavy atom. The van der Waals surface area contributed by atoms with E-state index in [-0.39, 0.29) is 17.9 Å². The maximum atomic E-state index is 13.1. The zero-order valence-corrected chi connectivity index (χ0v) is 14.4. The summed E-state index contributed by atoms with van der Waals surface area (Å²) in [7, 11) is 3.14. The molecule has 6 heteroatoms. The predicted molar refractivity (Wildman–Crippen MR) is 89.3 cm³/mol. The number of hydrogen-bond acceptors (Lipinski definition) is 4. The van der Waals surface area contributed by atoms with E-state index in [2.05, 4.69) is 0 Å². The van der Waals surface area contributed by atoms with Gasteiger partial charge < -0.3 is 19.3 Å². The Hall–Kier alpha value is -2.24. The molecule has 3 aliphatic rings. The van der Waals surface area contributed by atoms with Crippen LogP contribution in [0, 0.1) is 5.92 Å². The van der Waals surface area contributed by atoms with Gasteiger partial charge in [-0.05, 0) is 30.9 Å². The van der Waals surface area contributed by atoms with Crippen LogP contribution in [0.1, 0.15) is 30.1 Å². The summed E-state index contributed by atoms with van der Waals surface area (Å²) >= 11 is 0. The van der Waals surface area contributed by atoms with E-state index < -0.39 is 0 Å². The van der Waals surface area contributed by atoms with E-state index in [1.165, 1.54) is 0 Å². The number of carbonyl (C=O) groups excluding carboxylic acids is 2. The predicted octanol–water partition coefficient (Wildman–Crippen LogP) is 1.79. The van der Waals surface area contributed by atoms with Crippen LogP contribution in [0.3, 0.4) is 0 Å². The first kappa shape index (κ1) is 16.6. The molecule has 0 radical (unpaired) electrons. The molecule has 3 saturated heterocycles. The Balaban J connectivity index is 1.86. The van der Waals surface area contributed by atoms with Crippen LogP contribution in [0.15, 0.2) is 18.2 Å². The molecule has 3 aliphatic heterocycles. The molecule has 0 saturated carbocycles. The molecule has 3 heterocycles. The van der Waals surface area contributed by atoms with Gasteiger partial charge in [-0.2, -0.15) is 0 Å². The minimum absolute atomic E-state index is 0.0210. The monoisotopic (exact) mass is 332 g/mol. The molecule has 2 atom stereocenters. The lowest BCUT2D eigenvalue weighted by molar-refractivity contribution is -0.129. The largest absolute Gasteiger partial charge is 0.497 e. The van der Waals surface area contributed by atoms with Crippen molar-refractivity contribution in [3.05, 3.63) is 23.8 Å². The quantitative estimate of drug-likeness (QED) is 0.847. The van der Waals surface area contributed by atoms with Crippen molar-refractivity contribution in [1.29, 1.82) is 0 Å². The molecule has 4 rings (SSSR count). The first-order valence-corrected chi connectivity index (χ1v) is 8.31. The van der Waals surface area contributed by atoms with Crippen molar-refractivity contribution in [3.8, 4) is 11.5 Å². The van der Waals surface area contributed by atoms with E-state index in [0.29, 0.717) is 36.1 Å². The van der Waals surface area contributed by atoms with Gasteiger partial charge in [-0.1, -0.05) is 0 Å². The number of hydrogen-bond donors (Lipinski definition) is 0. The highest BCUT2D eigenvalue weighted by atomic mass is 16.5. The highest BCUT2D eigenvalue weighted by Gasteiger charge is 2.38. The molecule has 2 amide bonds. The summed E-state index contributed by atoms with van der Waals surface area (Å²) in [6, 6.07) is 5.32. The van der Waals surface area contributed by atoms with Gasteiger partial charge in [0.05, 0.1) is 14.2 Å². The third kappa shape index (κ3) is 3.18. The molecule has 0 aromatic heterocycles. The average Bonchev–Trinajstić information content (AvgIpc) is 2.92. The van der Waals surface area contributed by atoms with Crippen LogP contribution in [0.4, 0.5) is 0 Å². The number of ether oxygens (including phenoxy) is 2. The second-order valence-electron chi connectivity index (χ2n) is 6.58. The second kappa shape index (κ2) is 6.71. The third-order valence-corrected chi connectivity index (χ3v) is 5.02. The first-order chi connectivity index (χ1) is 11.5. The fourth-order valence-electron chi connectivity index (χ4n) is 3.68. The summed E-state index contributed by atoms with van der Waals surface area (Å²) in [5, 5.41) is 0. The van der Waals surface area contributed by atoms with Crippen molar-refractivity contribution in [2.75, 3.05) is 33.9 Å². The minimum atomic E-state index is -0.0210. The fraction of sp³-hybridized carbons (Fsp3) is 0.556. The Morgan fingerprint density at radius 3 is 2.25 bits per heavy atom. The molecule has 1 aromatic rings. The summed E-state index contributed by atoms with van der Waals surface area (Å²) in [4.78, 5) is 28.6. The number of benzene rings is 1. The zero-order chi connectivity index (χ0) is 17.3. The highest BCUT2D eigenvalue weighted by molar-refractivity contribution is 5.95. The van der Waals surface area contributed by atoms with E-state index in [4.69, 9.17) is 9.47 Å².